The zero-order chi connectivity index (χ0) is 22.5. The van der Waals surface area contributed by atoms with E-state index in [-0.39, 0.29) is 11.5 Å². The maximum atomic E-state index is 12.9. The molecular formula is C23H20ClN3O4S. The van der Waals surface area contributed by atoms with Crippen LogP contribution in [-0.4, -0.2) is 40.5 Å². The predicted octanol–water partition coefficient (Wildman–Crippen LogP) is 5.23. The van der Waals surface area contributed by atoms with Gasteiger partial charge in [0.25, 0.3) is 0 Å². The molecule has 0 saturated heterocycles. The number of thioether (sulfide) groups is 1. The Labute approximate surface area is 194 Å². The van der Waals surface area contributed by atoms with E-state index in [0.29, 0.717) is 39.6 Å². The molecule has 4 aromatic rings. The van der Waals surface area contributed by atoms with Crippen molar-refractivity contribution in [1.29, 1.82) is 0 Å². The van der Waals surface area contributed by atoms with Crippen molar-refractivity contribution in [2.75, 3.05) is 20.0 Å². The van der Waals surface area contributed by atoms with Crippen LogP contribution < -0.4 is 9.47 Å². The number of benzene rings is 2. The molecule has 7 nitrogen and oxygen atoms in total. The predicted molar refractivity (Wildman–Crippen MR) is 123 cm³/mol. The highest BCUT2D eigenvalue weighted by Gasteiger charge is 2.19. The first-order valence-electron chi connectivity index (χ1n) is 9.68. The zero-order valence-corrected chi connectivity index (χ0v) is 19.0. The Morgan fingerprint density at radius 2 is 1.91 bits per heavy atom. The highest BCUT2D eigenvalue weighted by atomic mass is 35.5. The number of hydrogen-bond acceptors (Lipinski definition) is 7. The number of methoxy groups -OCH3 is 2. The van der Waals surface area contributed by atoms with Gasteiger partial charge in [0.2, 0.25) is 0 Å². The van der Waals surface area contributed by atoms with Gasteiger partial charge in [-0.25, -0.2) is 0 Å². The average molecular weight is 470 g/mol. The molecule has 4 rings (SSSR count). The van der Waals surface area contributed by atoms with Crippen LogP contribution in [0.3, 0.4) is 0 Å². The fraction of sp³-hybridized carbons (Fsp3) is 0.174. The van der Waals surface area contributed by atoms with Crippen LogP contribution in [0.5, 0.6) is 11.5 Å². The van der Waals surface area contributed by atoms with Crippen molar-refractivity contribution in [1.82, 2.24) is 14.8 Å². The summed E-state index contributed by atoms with van der Waals surface area (Å²) in [5.41, 5.74) is 1.35. The number of carbonyl (C=O) groups is 1. The maximum Gasteiger partial charge on any atom is 0.192 e. The number of rotatable bonds is 9. The van der Waals surface area contributed by atoms with E-state index in [2.05, 4.69) is 10.2 Å². The number of aromatic nitrogens is 3. The van der Waals surface area contributed by atoms with Gasteiger partial charge in [0.05, 0.1) is 38.3 Å². The van der Waals surface area contributed by atoms with Crippen LogP contribution in [0.2, 0.25) is 5.02 Å². The van der Waals surface area contributed by atoms with Crippen LogP contribution in [0.1, 0.15) is 16.1 Å². The van der Waals surface area contributed by atoms with E-state index in [1.807, 2.05) is 28.8 Å². The number of furan rings is 1. The molecule has 0 aliphatic rings. The average Bonchev–Trinajstić information content (AvgIpc) is 3.48. The number of ketones is 1. The van der Waals surface area contributed by atoms with E-state index >= 15 is 0 Å². The lowest BCUT2D eigenvalue weighted by Gasteiger charge is -2.11. The third-order valence-electron chi connectivity index (χ3n) is 4.75. The number of ether oxygens (including phenoxy) is 2. The van der Waals surface area contributed by atoms with E-state index in [1.165, 1.54) is 18.9 Å². The number of carbonyl (C=O) groups excluding carboxylic acids is 1. The summed E-state index contributed by atoms with van der Waals surface area (Å²) in [4.78, 5) is 12.9. The molecular weight excluding hydrogens is 450 g/mol. The Kier molecular flexibility index (Phi) is 6.82. The van der Waals surface area contributed by atoms with Crippen molar-refractivity contribution in [3.8, 4) is 22.9 Å². The van der Waals surface area contributed by atoms with E-state index in [1.54, 1.807) is 43.7 Å². The summed E-state index contributed by atoms with van der Waals surface area (Å²) in [5, 5.41) is 9.93. The standard InChI is InChI=1S/C23H20ClN3O4S/c1-29-17-9-10-19(21(12-17)30-2)20(28)14-32-23-26-25-22(15-5-7-16(24)8-6-15)27(23)13-18-4-3-11-31-18/h3-12H,13-14H2,1-2H3. The second kappa shape index (κ2) is 9.93. The summed E-state index contributed by atoms with van der Waals surface area (Å²) >= 11 is 7.33. The molecule has 0 saturated carbocycles. The van der Waals surface area contributed by atoms with Gasteiger partial charge in [-0.05, 0) is 48.5 Å². The van der Waals surface area contributed by atoms with Gasteiger partial charge in [-0.2, -0.15) is 0 Å². The topological polar surface area (TPSA) is 79.4 Å². The summed E-state index contributed by atoms with van der Waals surface area (Å²) in [5.74, 6) is 2.58. The lowest BCUT2D eigenvalue weighted by Crippen LogP contribution is -2.08. The van der Waals surface area contributed by atoms with Gasteiger partial charge < -0.3 is 13.9 Å². The molecule has 0 bridgehead atoms. The molecule has 0 aliphatic heterocycles. The van der Waals surface area contributed by atoms with E-state index in [0.717, 1.165) is 11.3 Å². The normalized spacial score (nSPS) is 10.8. The molecule has 0 amide bonds. The van der Waals surface area contributed by atoms with Crippen molar-refractivity contribution in [3.05, 3.63) is 77.2 Å². The fourth-order valence-corrected chi connectivity index (χ4v) is 4.09. The summed E-state index contributed by atoms with van der Waals surface area (Å²) < 4.78 is 18.0. The van der Waals surface area contributed by atoms with Gasteiger partial charge in [-0.3, -0.25) is 9.36 Å². The van der Waals surface area contributed by atoms with Crippen molar-refractivity contribution >= 4 is 29.1 Å². The summed E-state index contributed by atoms with van der Waals surface area (Å²) in [7, 11) is 3.09. The molecule has 0 fully saturated rings. The Hall–Kier alpha value is -3.23. The number of hydrogen-bond donors (Lipinski definition) is 0. The first-order chi connectivity index (χ1) is 15.6. The second-order valence-corrected chi connectivity index (χ2v) is 8.14. The highest BCUT2D eigenvalue weighted by Crippen LogP contribution is 2.29. The molecule has 2 aromatic heterocycles. The first kappa shape index (κ1) is 22.0. The van der Waals surface area contributed by atoms with Crippen molar-refractivity contribution in [3.63, 3.8) is 0 Å². The van der Waals surface area contributed by atoms with E-state index < -0.39 is 0 Å². The molecule has 9 heteroatoms. The molecule has 2 heterocycles. The molecule has 0 aliphatic carbocycles. The highest BCUT2D eigenvalue weighted by molar-refractivity contribution is 7.99. The molecule has 0 atom stereocenters. The Morgan fingerprint density at radius 3 is 2.59 bits per heavy atom. The Bertz CT molecular complexity index is 1210. The van der Waals surface area contributed by atoms with Crippen molar-refractivity contribution in [2.24, 2.45) is 0 Å². The minimum absolute atomic E-state index is 0.0879. The quantitative estimate of drug-likeness (QED) is 0.245. The van der Waals surface area contributed by atoms with Crippen LogP contribution in [0, 0.1) is 0 Å². The molecule has 2 aromatic carbocycles. The van der Waals surface area contributed by atoms with Crippen molar-refractivity contribution in [2.45, 2.75) is 11.7 Å². The largest absolute Gasteiger partial charge is 0.497 e. The number of Topliss-reactive ketones (excluding diaryl/α,β-unsaturated/α-hetero) is 1. The summed E-state index contributed by atoms with van der Waals surface area (Å²) in [6, 6.07) is 16.2. The van der Waals surface area contributed by atoms with Crippen LogP contribution in [0.4, 0.5) is 0 Å². The fourth-order valence-electron chi connectivity index (χ4n) is 3.15. The van der Waals surface area contributed by atoms with Gasteiger partial charge in [0.15, 0.2) is 16.8 Å². The van der Waals surface area contributed by atoms with Gasteiger partial charge >= 0.3 is 0 Å². The van der Waals surface area contributed by atoms with E-state index in [4.69, 9.17) is 25.5 Å². The SMILES string of the molecule is COc1ccc(C(=O)CSc2nnc(-c3ccc(Cl)cc3)n2Cc2ccco2)c(OC)c1. The number of nitrogens with zero attached hydrogens (tertiary/aromatic N) is 3. The van der Waals surface area contributed by atoms with Gasteiger partial charge in [-0.15, -0.1) is 10.2 Å². The van der Waals surface area contributed by atoms with Gasteiger partial charge in [0, 0.05) is 16.7 Å². The minimum atomic E-state index is -0.0879. The Morgan fingerprint density at radius 1 is 1.09 bits per heavy atom. The van der Waals surface area contributed by atoms with Gasteiger partial charge in [0.1, 0.15) is 17.3 Å². The van der Waals surface area contributed by atoms with Crippen LogP contribution in [0.15, 0.2) is 70.4 Å². The van der Waals surface area contributed by atoms with Gasteiger partial charge in [-0.1, -0.05) is 23.4 Å². The summed E-state index contributed by atoms with van der Waals surface area (Å²) in [6.07, 6.45) is 1.62. The lowest BCUT2D eigenvalue weighted by molar-refractivity contribution is 0.101. The molecule has 0 spiro atoms. The van der Waals surface area contributed by atoms with Crippen LogP contribution in [-0.2, 0) is 6.54 Å². The smallest absolute Gasteiger partial charge is 0.192 e. The molecule has 32 heavy (non-hydrogen) atoms. The first-order valence-corrected chi connectivity index (χ1v) is 11.0. The maximum absolute atomic E-state index is 12.9. The molecule has 164 valence electrons. The third kappa shape index (κ3) is 4.81. The zero-order valence-electron chi connectivity index (χ0n) is 17.4. The monoisotopic (exact) mass is 469 g/mol. The molecule has 0 unspecified atom stereocenters. The number of halogens is 1. The lowest BCUT2D eigenvalue weighted by atomic mass is 10.1. The van der Waals surface area contributed by atoms with Crippen LogP contribution >= 0.6 is 23.4 Å². The molecule has 0 N–H and O–H groups in total. The van der Waals surface area contributed by atoms with Crippen molar-refractivity contribution < 1.29 is 18.7 Å². The second-order valence-electron chi connectivity index (χ2n) is 6.76. The minimum Gasteiger partial charge on any atom is -0.497 e. The summed E-state index contributed by atoms with van der Waals surface area (Å²) in [6.45, 7) is 0.431. The van der Waals surface area contributed by atoms with E-state index in [9.17, 15) is 4.79 Å². The molecule has 0 radical (unpaired) electrons. The Balaban J connectivity index is 1.59. The third-order valence-corrected chi connectivity index (χ3v) is 5.97. The van der Waals surface area contributed by atoms with Crippen LogP contribution in [0.25, 0.3) is 11.4 Å².